The molecule has 8 heteroatoms. The lowest BCUT2D eigenvalue weighted by Crippen LogP contribution is -2.24. The molecular weight excluding hydrogens is 488 g/mol. The third-order valence-corrected chi connectivity index (χ3v) is 7.13. The van der Waals surface area contributed by atoms with Crippen LogP contribution in [0.15, 0.2) is 30.3 Å². The molecule has 2 aromatic carbocycles. The van der Waals surface area contributed by atoms with E-state index in [0.29, 0.717) is 85.0 Å². The zero-order chi connectivity index (χ0) is 26.6. The van der Waals surface area contributed by atoms with Crippen molar-refractivity contribution in [1.29, 1.82) is 0 Å². The Balaban J connectivity index is 1.62. The molecule has 0 bridgehead atoms. The number of hydrogen-bond donors (Lipinski definition) is 0. The molecule has 5 rings (SSSR count). The molecule has 0 aromatic heterocycles. The van der Waals surface area contributed by atoms with Crippen LogP contribution in [0.2, 0.25) is 0 Å². The molecule has 0 saturated heterocycles. The lowest BCUT2D eigenvalue weighted by Gasteiger charge is -2.29. The Hall–Kier alpha value is -3.81. The Morgan fingerprint density at radius 3 is 2.55 bits per heavy atom. The van der Waals surface area contributed by atoms with Gasteiger partial charge in [-0.25, -0.2) is 4.79 Å². The van der Waals surface area contributed by atoms with Crippen molar-refractivity contribution < 1.29 is 38.1 Å². The summed E-state index contributed by atoms with van der Waals surface area (Å²) in [5.41, 5.74) is 2.28. The quantitative estimate of drug-likeness (QED) is 0.384. The van der Waals surface area contributed by atoms with Crippen molar-refractivity contribution in [2.24, 2.45) is 0 Å². The maximum absolute atomic E-state index is 13.6. The minimum Gasteiger partial charge on any atom is -0.495 e. The molecule has 0 aliphatic carbocycles. The number of methoxy groups -OCH3 is 1. The van der Waals surface area contributed by atoms with Crippen molar-refractivity contribution in [2.45, 2.75) is 63.9 Å². The largest absolute Gasteiger partial charge is 0.495 e. The number of ether oxygens (including phenoxy) is 5. The molecule has 0 spiro atoms. The lowest BCUT2D eigenvalue weighted by molar-refractivity contribution is -0.135. The number of rotatable bonds is 2. The van der Waals surface area contributed by atoms with Crippen LogP contribution in [0.25, 0.3) is 6.08 Å². The number of hydrogen-bond acceptors (Lipinski definition) is 8. The van der Waals surface area contributed by atoms with Gasteiger partial charge in [-0.15, -0.1) is 0 Å². The van der Waals surface area contributed by atoms with Gasteiger partial charge in [-0.3, -0.25) is 9.59 Å². The van der Waals surface area contributed by atoms with E-state index in [2.05, 4.69) is 0 Å². The van der Waals surface area contributed by atoms with Gasteiger partial charge in [0.2, 0.25) is 0 Å². The van der Waals surface area contributed by atoms with E-state index in [0.717, 1.165) is 12.0 Å². The Morgan fingerprint density at radius 1 is 0.947 bits per heavy atom. The maximum atomic E-state index is 13.6. The molecule has 0 amide bonds. The number of cyclic esters (lactones) is 1. The maximum Gasteiger partial charge on any atom is 0.342 e. The van der Waals surface area contributed by atoms with E-state index < -0.39 is 11.9 Å². The van der Waals surface area contributed by atoms with E-state index in [1.807, 2.05) is 37.3 Å². The Labute approximate surface area is 221 Å². The lowest BCUT2D eigenvalue weighted by atomic mass is 9.83. The SMILES string of the molecule is COc1c2c(cc3c1C(c1ccc4c(c1)OCCO4)CC(=O)O3)C=CCCCC(=O)CCCC(C)OC2=O. The van der Waals surface area contributed by atoms with E-state index in [-0.39, 0.29) is 24.3 Å². The van der Waals surface area contributed by atoms with E-state index in [1.54, 1.807) is 6.07 Å². The van der Waals surface area contributed by atoms with Crippen LogP contribution in [0.5, 0.6) is 23.0 Å². The Kier molecular flexibility index (Phi) is 7.67. The zero-order valence-corrected chi connectivity index (χ0v) is 21.7. The molecule has 3 aliphatic rings. The van der Waals surface area contributed by atoms with Crippen molar-refractivity contribution >= 4 is 23.8 Å². The highest BCUT2D eigenvalue weighted by Gasteiger charge is 2.36. The van der Waals surface area contributed by atoms with Crippen LogP contribution in [0.1, 0.15) is 84.8 Å². The van der Waals surface area contributed by atoms with Gasteiger partial charge in [-0.2, -0.15) is 0 Å². The molecule has 38 heavy (non-hydrogen) atoms. The van der Waals surface area contributed by atoms with E-state index in [1.165, 1.54) is 7.11 Å². The summed E-state index contributed by atoms with van der Waals surface area (Å²) >= 11 is 0. The molecule has 2 unspecified atom stereocenters. The monoisotopic (exact) mass is 520 g/mol. The predicted molar refractivity (Wildman–Crippen MR) is 139 cm³/mol. The minimum atomic E-state index is -0.516. The van der Waals surface area contributed by atoms with Crippen molar-refractivity contribution in [3.63, 3.8) is 0 Å². The molecular formula is C30H32O8. The average Bonchev–Trinajstić information content (AvgIpc) is 2.90. The topological polar surface area (TPSA) is 97.4 Å². The van der Waals surface area contributed by atoms with Crippen molar-refractivity contribution in [3.8, 4) is 23.0 Å². The summed E-state index contributed by atoms with van der Waals surface area (Å²) in [6.45, 7) is 2.75. The molecule has 3 heterocycles. The van der Waals surface area contributed by atoms with Gasteiger partial charge >= 0.3 is 11.9 Å². The number of Topliss-reactive ketones (excluding diaryl/α,β-unsaturated/α-hetero) is 1. The molecule has 2 aromatic rings. The van der Waals surface area contributed by atoms with Gasteiger partial charge in [0.25, 0.3) is 0 Å². The molecule has 200 valence electrons. The first kappa shape index (κ1) is 25.8. The molecule has 0 radical (unpaired) electrons. The van der Waals surface area contributed by atoms with Crippen LogP contribution >= 0.6 is 0 Å². The molecule has 0 saturated carbocycles. The number of allylic oxidation sites excluding steroid dienone is 1. The standard InChI is InChI=1S/C30H32O8/c1-18-7-6-10-21(31)9-5-3-4-8-20-16-25-28(29(34-2)27(20)30(33)37-18)22(17-26(32)38-25)19-11-12-23-24(15-19)36-14-13-35-23/h4,8,11-12,15-16,18,22H,3,5-7,9-10,13-14,17H2,1-2H3. The first-order valence-electron chi connectivity index (χ1n) is 13.2. The second kappa shape index (κ2) is 11.3. The highest BCUT2D eigenvalue weighted by Crippen LogP contribution is 2.48. The summed E-state index contributed by atoms with van der Waals surface area (Å²) in [7, 11) is 1.50. The molecule has 3 aliphatic heterocycles. The first-order chi connectivity index (χ1) is 18.4. The number of fused-ring (bicyclic) bond motifs is 3. The van der Waals surface area contributed by atoms with Crippen molar-refractivity contribution in [2.75, 3.05) is 20.3 Å². The van der Waals surface area contributed by atoms with Gasteiger partial charge in [0, 0.05) is 24.3 Å². The summed E-state index contributed by atoms with van der Waals surface area (Å²) in [6.07, 6.45) is 7.11. The van der Waals surface area contributed by atoms with Gasteiger partial charge in [0.1, 0.15) is 36.1 Å². The van der Waals surface area contributed by atoms with Crippen LogP contribution < -0.4 is 18.9 Å². The number of ketones is 1. The van der Waals surface area contributed by atoms with Crippen molar-refractivity contribution in [1.82, 2.24) is 0 Å². The van der Waals surface area contributed by atoms with E-state index in [4.69, 9.17) is 23.7 Å². The van der Waals surface area contributed by atoms with Gasteiger partial charge in [0.15, 0.2) is 11.5 Å². The number of carbonyl (C=O) groups is 3. The van der Waals surface area contributed by atoms with Gasteiger partial charge in [0.05, 0.1) is 19.6 Å². The van der Waals surface area contributed by atoms with Crippen LogP contribution in [0.3, 0.4) is 0 Å². The van der Waals surface area contributed by atoms with Gasteiger partial charge in [-0.1, -0.05) is 18.2 Å². The number of esters is 2. The molecule has 0 N–H and O–H groups in total. The molecule has 0 fully saturated rings. The summed E-state index contributed by atoms with van der Waals surface area (Å²) in [6, 6.07) is 7.30. The zero-order valence-electron chi connectivity index (χ0n) is 21.7. The Morgan fingerprint density at radius 2 is 1.74 bits per heavy atom. The van der Waals surface area contributed by atoms with Crippen LogP contribution in [0.4, 0.5) is 0 Å². The molecule has 8 nitrogen and oxygen atoms in total. The summed E-state index contributed by atoms with van der Waals surface area (Å²) in [5, 5.41) is 0. The fraction of sp³-hybridized carbons (Fsp3) is 0.433. The second-order valence-corrected chi connectivity index (χ2v) is 9.86. The first-order valence-corrected chi connectivity index (χ1v) is 13.2. The third kappa shape index (κ3) is 5.39. The van der Waals surface area contributed by atoms with E-state index >= 15 is 0 Å². The number of carbonyl (C=O) groups excluding carboxylic acids is 3. The molecule has 2 atom stereocenters. The normalized spacial score (nSPS) is 21.9. The summed E-state index contributed by atoms with van der Waals surface area (Å²) in [5.74, 6) is 0.850. The number of benzene rings is 2. The fourth-order valence-electron chi connectivity index (χ4n) is 5.27. The smallest absolute Gasteiger partial charge is 0.342 e. The van der Waals surface area contributed by atoms with Crippen LogP contribution in [-0.4, -0.2) is 44.1 Å². The van der Waals surface area contributed by atoms with E-state index in [9.17, 15) is 14.4 Å². The highest BCUT2D eigenvalue weighted by atomic mass is 16.6. The fourth-order valence-corrected chi connectivity index (χ4v) is 5.27. The Bertz CT molecular complexity index is 1280. The minimum absolute atomic E-state index is 0.0805. The van der Waals surface area contributed by atoms with Gasteiger partial charge in [-0.05, 0) is 61.9 Å². The van der Waals surface area contributed by atoms with Gasteiger partial charge < -0.3 is 23.7 Å². The summed E-state index contributed by atoms with van der Waals surface area (Å²) < 4.78 is 28.8. The second-order valence-electron chi connectivity index (χ2n) is 9.86. The predicted octanol–water partition coefficient (Wildman–Crippen LogP) is 5.39. The van der Waals surface area contributed by atoms with Crippen molar-refractivity contribution in [3.05, 3.63) is 52.6 Å². The van der Waals surface area contributed by atoms with Crippen LogP contribution in [0, 0.1) is 0 Å². The third-order valence-electron chi connectivity index (χ3n) is 7.13. The van der Waals surface area contributed by atoms with Crippen LogP contribution in [-0.2, 0) is 14.3 Å². The summed E-state index contributed by atoms with van der Waals surface area (Å²) in [4.78, 5) is 38.4. The highest BCUT2D eigenvalue weighted by molar-refractivity contribution is 5.99. The average molecular weight is 521 g/mol.